The highest BCUT2D eigenvalue weighted by Crippen LogP contribution is 2.31. The summed E-state index contributed by atoms with van der Waals surface area (Å²) in [5, 5.41) is 7.39. The first-order valence-corrected chi connectivity index (χ1v) is 9.25. The van der Waals surface area contributed by atoms with Gasteiger partial charge in [-0.2, -0.15) is 5.10 Å². The van der Waals surface area contributed by atoms with Crippen LogP contribution in [-0.4, -0.2) is 41.2 Å². The summed E-state index contributed by atoms with van der Waals surface area (Å²) >= 11 is 0. The van der Waals surface area contributed by atoms with E-state index in [1.54, 1.807) is 6.33 Å². The standard InChI is InChI=1S/C13H24N4O2S/c1-3-7-14-9-13-15-10-16-17(13)11-5-4-6-12(8-11)20(2,18)19/h10-12,14H,3-9H2,1-2H3. The maximum Gasteiger partial charge on any atom is 0.150 e. The van der Waals surface area contributed by atoms with Gasteiger partial charge in [-0.1, -0.05) is 13.3 Å². The van der Waals surface area contributed by atoms with Gasteiger partial charge in [0.1, 0.15) is 22.0 Å². The molecule has 114 valence electrons. The maximum absolute atomic E-state index is 11.7. The first-order valence-electron chi connectivity index (χ1n) is 7.30. The molecule has 0 radical (unpaired) electrons. The molecule has 2 atom stereocenters. The smallest absolute Gasteiger partial charge is 0.150 e. The number of nitrogens with one attached hydrogen (secondary N) is 1. The number of sulfone groups is 1. The minimum absolute atomic E-state index is 0.157. The van der Waals surface area contributed by atoms with Crippen molar-refractivity contribution < 1.29 is 8.42 Å². The van der Waals surface area contributed by atoms with Crippen LogP contribution in [0.3, 0.4) is 0 Å². The van der Waals surface area contributed by atoms with Gasteiger partial charge in [0.2, 0.25) is 0 Å². The zero-order valence-corrected chi connectivity index (χ0v) is 13.1. The molecule has 1 aliphatic carbocycles. The van der Waals surface area contributed by atoms with E-state index in [2.05, 4.69) is 22.3 Å². The fraction of sp³-hybridized carbons (Fsp3) is 0.846. The maximum atomic E-state index is 11.7. The lowest BCUT2D eigenvalue weighted by Gasteiger charge is -2.28. The Morgan fingerprint density at radius 1 is 1.45 bits per heavy atom. The molecule has 0 aliphatic heterocycles. The van der Waals surface area contributed by atoms with Crippen LogP contribution in [0.25, 0.3) is 0 Å². The lowest BCUT2D eigenvalue weighted by Crippen LogP contribution is -2.30. The van der Waals surface area contributed by atoms with Crippen molar-refractivity contribution in [1.29, 1.82) is 0 Å². The molecule has 1 aliphatic rings. The van der Waals surface area contributed by atoms with Gasteiger partial charge in [-0.3, -0.25) is 0 Å². The molecule has 0 bridgehead atoms. The van der Waals surface area contributed by atoms with Crippen molar-refractivity contribution in [1.82, 2.24) is 20.1 Å². The van der Waals surface area contributed by atoms with E-state index in [1.807, 2.05) is 4.68 Å². The van der Waals surface area contributed by atoms with Gasteiger partial charge in [-0.25, -0.2) is 18.1 Å². The lowest BCUT2D eigenvalue weighted by atomic mass is 9.95. The molecule has 2 rings (SSSR count). The molecule has 7 heteroatoms. The quantitative estimate of drug-likeness (QED) is 0.802. The molecule has 0 amide bonds. The van der Waals surface area contributed by atoms with Gasteiger partial charge in [0.05, 0.1) is 17.8 Å². The molecular weight excluding hydrogens is 276 g/mol. The van der Waals surface area contributed by atoms with E-state index in [4.69, 9.17) is 0 Å². The molecule has 1 saturated carbocycles. The zero-order valence-electron chi connectivity index (χ0n) is 12.2. The van der Waals surface area contributed by atoms with Crippen LogP contribution < -0.4 is 5.32 Å². The number of nitrogens with zero attached hydrogens (tertiary/aromatic N) is 3. The Balaban J connectivity index is 2.05. The van der Waals surface area contributed by atoms with Gasteiger partial charge in [-0.05, 0) is 32.2 Å². The molecule has 0 spiro atoms. The van der Waals surface area contributed by atoms with Crippen LogP contribution in [0.4, 0.5) is 0 Å². The molecule has 6 nitrogen and oxygen atoms in total. The Bertz CT molecular complexity index is 526. The van der Waals surface area contributed by atoms with E-state index in [9.17, 15) is 8.42 Å². The van der Waals surface area contributed by atoms with Crippen LogP contribution in [-0.2, 0) is 16.4 Å². The normalized spacial score (nSPS) is 23.9. The van der Waals surface area contributed by atoms with Crippen LogP contribution in [0.2, 0.25) is 0 Å². The summed E-state index contributed by atoms with van der Waals surface area (Å²) in [5.74, 6) is 0.901. The third kappa shape index (κ3) is 3.79. The van der Waals surface area contributed by atoms with Crippen molar-refractivity contribution in [3.63, 3.8) is 0 Å². The summed E-state index contributed by atoms with van der Waals surface area (Å²) in [6.45, 7) is 3.76. The predicted molar refractivity (Wildman–Crippen MR) is 78.2 cm³/mol. The molecule has 0 aromatic carbocycles. The van der Waals surface area contributed by atoms with E-state index in [-0.39, 0.29) is 11.3 Å². The number of hydrogen-bond donors (Lipinski definition) is 1. The highest BCUT2D eigenvalue weighted by atomic mass is 32.2. The second-order valence-electron chi connectivity index (χ2n) is 5.57. The monoisotopic (exact) mass is 300 g/mol. The van der Waals surface area contributed by atoms with E-state index >= 15 is 0 Å². The van der Waals surface area contributed by atoms with Gasteiger partial charge in [0.25, 0.3) is 0 Å². The number of hydrogen-bond acceptors (Lipinski definition) is 5. The molecular formula is C13H24N4O2S. The van der Waals surface area contributed by atoms with Gasteiger partial charge < -0.3 is 5.32 Å². The topological polar surface area (TPSA) is 76.9 Å². The van der Waals surface area contributed by atoms with E-state index < -0.39 is 9.84 Å². The van der Waals surface area contributed by atoms with Crippen molar-refractivity contribution in [2.24, 2.45) is 0 Å². The molecule has 2 unspecified atom stereocenters. The van der Waals surface area contributed by atoms with Gasteiger partial charge in [0.15, 0.2) is 0 Å². The average Bonchev–Trinajstić information content (AvgIpc) is 2.87. The fourth-order valence-electron chi connectivity index (χ4n) is 2.81. The van der Waals surface area contributed by atoms with Gasteiger partial charge in [0, 0.05) is 6.26 Å². The fourth-order valence-corrected chi connectivity index (χ4v) is 3.98. The summed E-state index contributed by atoms with van der Waals surface area (Å²) in [6, 6.07) is 0.157. The number of aromatic nitrogens is 3. The molecule has 1 heterocycles. The summed E-state index contributed by atoms with van der Waals surface area (Å²) in [5.41, 5.74) is 0. The van der Waals surface area contributed by atoms with Gasteiger partial charge in [-0.15, -0.1) is 0 Å². The third-order valence-corrected chi connectivity index (χ3v) is 5.55. The lowest BCUT2D eigenvalue weighted by molar-refractivity contribution is 0.319. The first-order chi connectivity index (χ1) is 9.52. The molecule has 1 aromatic rings. The third-order valence-electron chi connectivity index (χ3n) is 3.91. The zero-order chi connectivity index (χ0) is 14.6. The second-order valence-corrected chi connectivity index (χ2v) is 7.90. The van der Waals surface area contributed by atoms with Crippen LogP contribution in [0.15, 0.2) is 6.33 Å². The molecule has 1 fully saturated rings. The van der Waals surface area contributed by atoms with Crippen molar-refractivity contribution in [3.05, 3.63) is 12.2 Å². The highest BCUT2D eigenvalue weighted by Gasteiger charge is 2.31. The van der Waals surface area contributed by atoms with Crippen molar-refractivity contribution in [2.75, 3.05) is 12.8 Å². The van der Waals surface area contributed by atoms with E-state index in [0.717, 1.165) is 38.1 Å². The van der Waals surface area contributed by atoms with Crippen molar-refractivity contribution in [3.8, 4) is 0 Å². The minimum atomic E-state index is -2.96. The van der Waals surface area contributed by atoms with Crippen LogP contribution >= 0.6 is 0 Å². The molecule has 0 saturated heterocycles. The van der Waals surface area contributed by atoms with E-state index in [1.165, 1.54) is 6.26 Å². The van der Waals surface area contributed by atoms with Crippen LogP contribution in [0.5, 0.6) is 0 Å². The second kappa shape index (κ2) is 6.67. The Morgan fingerprint density at radius 2 is 2.25 bits per heavy atom. The minimum Gasteiger partial charge on any atom is -0.310 e. The summed E-state index contributed by atoms with van der Waals surface area (Å²) in [6.07, 6.45) is 7.32. The Morgan fingerprint density at radius 3 is 2.95 bits per heavy atom. The Hall–Kier alpha value is -0.950. The largest absolute Gasteiger partial charge is 0.310 e. The summed E-state index contributed by atoms with van der Waals surface area (Å²) in [4.78, 5) is 4.29. The van der Waals surface area contributed by atoms with E-state index in [0.29, 0.717) is 13.0 Å². The Kier molecular flexibility index (Phi) is 5.15. The molecule has 1 aromatic heterocycles. The van der Waals surface area contributed by atoms with Crippen molar-refractivity contribution >= 4 is 9.84 Å². The Labute approximate surface area is 120 Å². The summed E-state index contributed by atoms with van der Waals surface area (Å²) < 4.78 is 25.4. The highest BCUT2D eigenvalue weighted by molar-refractivity contribution is 7.91. The predicted octanol–water partition coefficient (Wildman–Crippen LogP) is 1.31. The van der Waals surface area contributed by atoms with Crippen molar-refractivity contribution in [2.45, 2.75) is 56.9 Å². The average molecular weight is 300 g/mol. The molecule has 1 N–H and O–H groups in total. The summed E-state index contributed by atoms with van der Waals surface area (Å²) in [7, 11) is -2.96. The van der Waals surface area contributed by atoms with Gasteiger partial charge >= 0.3 is 0 Å². The van der Waals surface area contributed by atoms with Crippen LogP contribution in [0, 0.1) is 0 Å². The van der Waals surface area contributed by atoms with Crippen LogP contribution in [0.1, 0.15) is 50.9 Å². The SMILES string of the molecule is CCCNCc1ncnn1C1CCCC(S(C)(=O)=O)C1. The first kappa shape index (κ1) is 15.4. The molecule has 20 heavy (non-hydrogen) atoms. The number of rotatable bonds is 6.